The molecule has 0 saturated heterocycles. The van der Waals surface area contributed by atoms with E-state index in [9.17, 15) is 4.79 Å². The number of hydrogen-bond donors (Lipinski definition) is 2. The molecular weight excluding hydrogens is 246 g/mol. The summed E-state index contributed by atoms with van der Waals surface area (Å²) in [5, 5.41) is 2.77. The summed E-state index contributed by atoms with van der Waals surface area (Å²) in [7, 11) is 1.89. The second-order valence-electron chi connectivity index (χ2n) is 4.15. The Labute approximate surface area is 113 Å². The summed E-state index contributed by atoms with van der Waals surface area (Å²) < 4.78 is 0. The molecule has 5 heteroatoms. The third-order valence-electron chi connectivity index (χ3n) is 2.51. The zero-order valence-electron chi connectivity index (χ0n) is 10.8. The average molecular weight is 265 g/mol. The predicted molar refractivity (Wildman–Crippen MR) is 77.3 cm³/mol. The molecule has 0 aliphatic carbocycles. The van der Waals surface area contributed by atoms with Crippen LogP contribution in [0.1, 0.15) is 18.1 Å². The van der Waals surface area contributed by atoms with Gasteiger partial charge in [0, 0.05) is 18.7 Å². The minimum Gasteiger partial charge on any atom is -0.389 e. The number of thiocarbonyl (C=S) groups is 1. The Hall–Kier alpha value is -1.46. The van der Waals surface area contributed by atoms with Gasteiger partial charge in [-0.3, -0.25) is 9.69 Å². The van der Waals surface area contributed by atoms with Gasteiger partial charge in [0.1, 0.15) is 4.99 Å². The first-order valence-corrected chi connectivity index (χ1v) is 6.28. The van der Waals surface area contributed by atoms with Crippen molar-refractivity contribution in [3.8, 4) is 0 Å². The smallest absolute Gasteiger partial charge is 0.234 e. The number of hydrogen-bond acceptors (Lipinski definition) is 3. The highest BCUT2D eigenvalue weighted by Gasteiger charge is 2.09. The molecule has 4 nitrogen and oxygen atoms in total. The van der Waals surface area contributed by atoms with Gasteiger partial charge in [-0.2, -0.15) is 0 Å². The van der Waals surface area contributed by atoms with E-state index in [0.717, 1.165) is 11.1 Å². The molecule has 1 amide bonds. The van der Waals surface area contributed by atoms with Crippen LogP contribution in [-0.4, -0.2) is 35.9 Å². The fourth-order valence-electron chi connectivity index (χ4n) is 1.74. The molecule has 18 heavy (non-hydrogen) atoms. The molecule has 3 N–H and O–H groups in total. The van der Waals surface area contributed by atoms with E-state index in [1.807, 2.05) is 43.1 Å². The number of nitrogens with one attached hydrogen (secondary N) is 1. The Balaban J connectivity index is 2.67. The van der Waals surface area contributed by atoms with Crippen molar-refractivity contribution in [3.05, 3.63) is 35.4 Å². The van der Waals surface area contributed by atoms with Crippen LogP contribution in [0.3, 0.4) is 0 Å². The van der Waals surface area contributed by atoms with E-state index in [-0.39, 0.29) is 5.91 Å². The third kappa shape index (κ3) is 4.43. The average Bonchev–Trinajstić information content (AvgIpc) is 2.29. The van der Waals surface area contributed by atoms with Crippen molar-refractivity contribution in [1.29, 1.82) is 0 Å². The van der Waals surface area contributed by atoms with Crippen LogP contribution in [0.5, 0.6) is 0 Å². The molecule has 98 valence electrons. The molecule has 0 bridgehead atoms. The van der Waals surface area contributed by atoms with Crippen LogP contribution in [0.25, 0.3) is 0 Å². The van der Waals surface area contributed by atoms with Crippen molar-refractivity contribution < 1.29 is 4.79 Å². The zero-order chi connectivity index (χ0) is 13.5. The summed E-state index contributed by atoms with van der Waals surface area (Å²) in [6, 6.07) is 7.72. The second kappa shape index (κ2) is 7.08. The van der Waals surface area contributed by atoms with E-state index >= 15 is 0 Å². The SMILES string of the molecule is CCNC(=O)CN(C)Cc1ccccc1C(N)=S. The molecule has 1 rings (SSSR count). The topological polar surface area (TPSA) is 58.4 Å². The number of likely N-dealkylation sites (N-methyl/N-ethyl adjacent to an activating group) is 2. The number of carbonyl (C=O) groups excluding carboxylic acids is 1. The first-order valence-electron chi connectivity index (χ1n) is 5.87. The highest BCUT2D eigenvalue weighted by atomic mass is 32.1. The summed E-state index contributed by atoms with van der Waals surface area (Å²) in [5.74, 6) is 0.0211. The van der Waals surface area contributed by atoms with Crippen molar-refractivity contribution in [2.45, 2.75) is 13.5 Å². The minimum absolute atomic E-state index is 0.0211. The van der Waals surface area contributed by atoms with Crippen LogP contribution in [0, 0.1) is 0 Å². The van der Waals surface area contributed by atoms with Gasteiger partial charge in [0.25, 0.3) is 0 Å². The monoisotopic (exact) mass is 265 g/mol. The Morgan fingerprint density at radius 1 is 1.44 bits per heavy atom. The molecule has 0 aliphatic rings. The number of carbonyl (C=O) groups is 1. The molecule has 0 aliphatic heterocycles. The maximum Gasteiger partial charge on any atom is 0.234 e. The van der Waals surface area contributed by atoms with Gasteiger partial charge in [-0.15, -0.1) is 0 Å². The molecule has 0 fully saturated rings. The normalized spacial score (nSPS) is 10.4. The Bertz CT molecular complexity index is 434. The van der Waals surface area contributed by atoms with Crippen LogP contribution in [-0.2, 0) is 11.3 Å². The van der Waals surface area contributed by atoms with Crippen LogP contribution in [0.15, 0.2) is 24.3 Å². The summed E-state index contributed by atoms with van der Waals surface area (Å²) in [6.07, 6.45) is 0. The van der Waals surface area contributed by atoms with Crippen LogP contribution in [0.2, 0.25) is 0 Å². The Morgan fingerprint density at radius 2 is 2.11 bits per heavy atom. The number of rotatable bonds is 6. The predicted octanol–water partition coefficient (Wildman–Crippen LogP) is 0.889. The second-order valence-corrected chi connectivity index (χ2v) is 4.59. The number of benzene rings is 1. The molecule has 0 aromatic heterocycles. The lowest BCUT2D eigenvalue weighted by Crippen LogP contribution is -2.35. The molecule has 0 atom stereocenters. The lowest BCUT2D eigenvalue weighted by atomic mass is 10.1. The van der Waals surface area contributed by atoms with E-state index in [1.165, 1.54) is 0 Å². The van der Waals surface area contributed by atoms with Crippen molar-refractivity contribution in [2.24, 2.45) is 5.73 Å². The standard InChI is InChI=1S/C13H19N3OS/c1-3-15-12(17)9-16(2)8-10-6-4-5-7-11(10)13(14)18/h4-7H,3,8-9H2,1-2H3,(H2,14,18)(H,15,17). The van der Waals surface area contributed by atoms with E-state index < -0.39 is 0 Å². The van der Waals surface area contributed by atoms with Crippen molar-refractivity contribution in [3.63, 3.8) is 0 Å². The summed E-state index contributed by atoms with van der Waals surface area (Å²) >= 11 is 5.01. The number of amides is 1. The largest absolute Gasteiger partial charge is 0.389 e. The summed E-state index contributed by atoms with van der Waals surface area (Å²) in [5.41, 5.74) is 7.58. The summed E-state index contributed by atoms with van der Waals surface area (Å²) in [4.78, 5) is 13.8. The maximum absolute atomic E-state index is 11.5. The highest BCUT2D eigenvalue weighted by Crippen LogP contribution is 2.10. The van der Waals surface area contributed by atoms with E-state index in [4.69, 9.17) is 18.0 Å². The van der Waals surface area contributed by atoms with E-state index in [2.05, 4.69) is 5.32 Å². The Kier molecular flexibility index (Phi) is 5.74. The molecule has 0 radical (unpaired) electrons. The van der Waals surface area contributed by atoms with E-state index in [1.54, 1.807) is 0 Å². The fraction of sp³-hybridized carbons (Fsp3) is 0.385. The number of nitrogens with zero attached hydrogens (tertiary/aromatic N) is 1. The van der Waals surface area contributed by atoms with Gasteiger partial charge in [-0.25, -0.2) is 0 Å². The van der Waals surface area contributed by atoms with Gasteiger partial charge in [-0.05, 0) is 19.5 Å². The first-order chi connectivity index (χ1) is 8.54. The van der Waals surface area contributed by atoms with Crippen molar-refractivity contribution in [2.75, 3.05) is 20.1 Å². The zero-order valence-corrected chi connectivity index (χ0v) is 11.6. The van der Waals surface area contributed by atoms with Crippen LogP contribution < -0.4 is 11.1 Å². The maximum atomic E-state index is 11.5. The lowest BCUT2D eigenvalue weighted by molar-refractivity contribution is -0.121. The highest BCUT2D eigenvalue weighted by molar-refractivity contribution is 7.80. The fourth-order valence-corrected chi connectivity index (χ4v) is 1.94. The summed E-state index contributed by atoms with van der Waals surface area (Å²) in [6.45, 7) is 3.56. The van der Waals surface area contributed by atoms with Crippen molar-refractivity contribution in [1.82, 2.24) is 10.2 Å². The molecule has 0 spiro atoms. The van der Waals surface area contributed by atoms with Gasteiger partial charge in [0.05, 0.1) is 6.54 Å². The van der Waals surface area contributed by atoms with Gasteiger partial charge < -0.3 is 11.1 Å². The quantitative estimate of drug-likeness (QED) is 0.750. The van der Waals surface area contributed by atoms with Crippen LogP contribution in [0.4, 0.5) is 0 Å². The molecule has 0 saturated carbocycles. The van der Waals surface area contributed by atoms with Gasteiger partial charge >= 0.3 is 0 Å². The molecule has 0 heterocycles. The van der Waals surface area contributed by atoms with Gasteiger partial charge in [-0.1, -0.05) is 36.5 Å². The van der Waals surface area contributed by atoms with Gasteiger partial charge in [0.15, 0.2) is 0 Å². The van der Waals surface area contributed by atoms with Crippen LogP contribution >= 0.6 is 12.2 Å². The van der Waals surface area contributed by atoms with Gasteiger partial charge in [0.2, 0.25) is 5.91 Å². The van der Waals surface area contributed by atoms with Crippen molar-refractivity contribution >= 4 is 23.1 Å². The number of nitrogens with two attached hydrogens (primary N) is 1. The third-order valence-corrected chi connectivity index (χ3v) is 2.73. The minimum atomic E-state index is 0.0211. The first kappa shape index (κ1) is 14.6. The molecular formula is C13H19N3OS. The molecule has 1 aromatic carbocycles. The van der Waals surface area contributed by atoms with E-state index in [0.29, 0.717) is 24.6 Å². The Morgan fingerprint density at radius 3 is 2.72 bits per heavy atom. The lowest BCUT2D eigenvalue weighted by Gasteiger charge is -2.18. The molecule has 0 unspecified atom stereocenters. The molecule has 1 aromatic rings.